The van der Waals surface area contributed by atoms with Gasteiger partial charge >= 0.3 is 0 Å². The Kier molecular flexibility index (Phi) is 4.23. The number of nitrogens with zero attached hydrogens (tertiary/aromatic N) is 3. The zero-order chi connectivity index (χ0) is 17.4. The fourth-order valence-electron chi connectivity index (χ4n) is 2.58. The summed E-state index contributed by atoms with van der Waals surface area (Å²) in [4.78, 5) is 35.4. The Morgan fingerprint density at radius 1 is 1.46 bits per heavy atom. The zero-order valence-corrected chi connectivity index (χ0v) is 14.7. The van der Waals surface area contributed by atoms with E-state index in [1.54, 1.807) is 29.4 Å². The molecule has 0 unspecified atom stereocenters. The van der Waals surface area contributed by atoms with E-state index >= 15 is 0 Å². The van der Waals surface area contributed by atoms with E-state index in [0.29, 0.717) is 17.1 Å². The number of pyridine rings is 1. The van der Waals surface area contributed by atoms with Gasteiger partial charge in [0.25, 0.3) is 11.8 Å². The van der Waals surface area contributed by atoms with E-state index in [0.717, 1.165) is 15.6 Å². The first-order valence-electron chi connectivity index (χ1n) is 7.50. The van der Waals surface area contributed by atoms with Gasteiger partial charge in [-0.2, -0.15) is 0 Å². The van der Waals surface area contributed by atoms with Gasteiger partial charge in [0.15, 0.2) is 6.61 Å². The number of rotatable bonds is 3. The largest absolute Gasteiger partial charge is 0.466 e. The molecule has 3 heterocycles. The standard InChI is InChI=1S/C16H18N4O3S/c1-8-14(24-10(3)18-8)9(2)20(4)16(22)11-5-12-15(17-6-11)23-7-13(21)19-12/h5-6,9H,7H2,1-4H3,(H,19,21)/t9-/m0/s1. The normalized spacial score (nSPS) is 14.4. The summed E-state index contributed by atoms with van der Waals surface area (Å²) in [5.74, 6) is -0.106. The molecule has 0 aromatic carbocycles. The van der Waals surface area contributed by atoms with Crippen LogP contribution in [-0.2, 0) is 4.79 Å². The summed E-state index contributed by atoms with van der Waals surface area (Å²) < 4.78 is 5.21. The van der Waals surface area contributed by atoms with Crippen molar-refractivity contribution >= 4 is 28.8 Å². The molecule has 0 saturated carbocycles. The molecule has 3 rings (SSSR count). The molecule has 0 bridgehead atoms. The van der Waals surface area contributed by atoms with Crippen molar-refractivity contribution < 1.29 is 14.3 Å². The number of anilines is 1. The van der Waals surface area contributed by atoms with Crippen LogP contribution in [0.1, 0.15) is 38.9 Å². The van der Waals surface area contributed by atoms with Crippen LogP contribution >= 0.6 is 11.3 Å². The summed E-state index contributed by atoms with van der Waals surface area (Å²) in [7, 11) is 1.75. The van der Waals surface area contributed by atoms with E-state index in [2.05, 4.69) is 15.3 Å². The fourth-order valence-corrected chi connectivity index (χ4v) is 3.61. The summed E-state index contributed by atoms with van der Waals surface area (Å²) in [5, 5.41) is 3.64. The maximum Gasteiger partial charge on any atom is 0.262 e. The van der Waals surface area contributed by atoms with Crippen LogP contribution in [0.4, 0.5) is 5.69 Å². The van der Waals surface area contributed by atoms with Crippen molar-refractivity contribution in [3.05, 3.63) is 33.4 Å². The Morgan fingerprint density at radius 3 is 2.88 bits per heavy atom. The van der Waals surface area contributed by atoms with Gasteiger partial charge in [-0.05, 0) is 26.8 Å². The lowest BCUT2D eigenvalue weighted by Crippen LogP contribution is -2.30. The van der Waals surface area contributed by atoms with E-state index in [4.69, 9.17) is 4.74 Å². The number of ether oxygens (including phenoxy) is 1. The number of hydrogen-bond acceptors (Lipinski definition) is 6. The summed E-state index contributed by atoms with van der Waals surface area (Å²) in [6, 6.07) is 1.49. The quantitative estimate of drug-likeness (QED) is 0.922. The minimum atomic E-state index is -0.258. The van der Waals surface area contributed by atoms with E-state index in [1.165, 1.54) is 6.20 Å². The molecular formula is C16H18N4O3S. The van der Waals surface area contributed by atoms with Gasteiger partial charge in [-0.3, -0.25) is 9.59 Å². The molecule has 126 valence electrons. The van der Waals surface area contributed by atoms with Crippen LogP contribution in [0.5, 0.6) is 5.88 Å². The van der Waals surface area contributed by atoms with Gasteiger partial charge in [0.2, 0.25) is 5.88 Å². The highest BCUT2D eigenvalue weighted by atomic mass is 32.1. The second-order valence-corrected chi connectivity index (χ2v) is 6.92. The van der Waals surface area contributed by atoms with Crippen molar-refractivity contribution in [2.75, 3.05) is 19.0 Å². The van der Waals surface area contributed by atoms with Crippen molar-refractivity contribution in [3.63, 3.8) is 0 Å². The monoisotopic (exact) mass is 346 g/mol. The Bertz CT molecular complexity index is 818. The number of aromatic nitrogens is 2. The third-order valence-corrected chi connectivity index (χ3v) is 5.18. The summed E-state index contributed by atoms with van der Waals surface area (Å²) in [6.07, 6.45) is 1.46. The second kappa shape index (κ2) is 6.20. The topological polar surface area (TPSA) is 84.4 Å². The van der Waals surface area contributed by atoms with Crippen LogP contribution in [0.25, 0.3) is 0 Å². The smallest absolute Gasteiger partial charge is 0.262 e. The molecule has 0 radical (unpaired) electrons. The molecule has 1 atom stereocenters. The first-order chi connectivity index (χ1) is 11.4. The molecule has 0 aliphatic carbocycles. The Morgan fingerprint density at radius 2 is 2.21 bits per heavy atom. The number of carbonyl (C=O) groups excluding carboxylic acids is 2. The van der Waals surface area contributed by atoms with E-state index < -0.39 is 0 Å². The highest BCUT2D eigenvalue weighted by Gasteiger charge is 2.25. The molecule has 1 aliphatic heterocycles. The van der Waals surface area contributed by atoms with Crippen LogP contribution < -0.4 is 10.1 Å². The number of amides is 2. The van der Waals surface area contributed by atoms with Crippen LogP contribution in [-0.4, -0.2) is 40.3 Å². The predicted molar refractivity (Wildman–Crippen MR) is 90.5 cm³/mol. The van der Waals surface area contributed by atoms with Gasteiger partial charge in [-0.15, -0.1) is 11.3 Å². The van der Waals surface area contributed by atoms with Crippen molar-refractivity contribution in [1.29, 1.82) is 0 Å². The minimum absolute atomic E-state index is 0.0613. The summed E-state index contributed by atoms with van der Waals surface area (Å²) in [6.45, 7) is 5.80. The molecule has 1 aliphatic rings. The van der Waals surface area contributed by atoms with E-state index in [9.17, 15) is 9.59 Å². The number of nitrogens with one attached hydrogen (secondary N) is 1. The van der Waals surface area contributed by atoms with Gasteiger partial charge in [0.1, 0.15) is 5.69 Å². The predicted octanol–water partition coefficient (Wildman–Crippen LogP) is 2.32. The summed E-state index contributed by atoms with van der Waals surface area (Å²) in [5.41, 5.74) is 1.75. The first kappa shape index (κ1) is 16.4. The Balaban J connectivity index is 1.84. The van der Waals surface area contributed by atoms with Crippen LogP contribution in [0, 0.1) is 13.8 Å². The number of thiazole rings is 1. The van der Waals surface area contributed by atoms with Gasteiger partial charge < -0.3 is 15.0 Å². The van der Waals surface area contributed by atoms with Gasteiger partial charge in [-0.1, -0.05) is 0 Å². The van der Waals surface area contributed by atoms with E-state index in [1.807, 2.05) is 20.8 Å². The lowest BCUT2D eigenvalue weighted by atomic mass is 10.1. The average molecular weight is 346 g/mol. The third-order valence-electron chi connectivity index (χ3n) is 3.93. The Labute approximate surface area is 143 Å². The highest BCUT2D eigenvalue weighted by Crippen LogP contribution is 2.30. The van der Waals surface area contributed by atoms with E-state index in [-0.39, 0.29) is 24.5 Å². The lowest BCUT2D eigenvalue weighted by Gasteiger charge is -2.25. The third kappa shape index (κ3) is 2.96. The SMILES string of the molecule is Cc1nc(C)c([C@H](C)N(C)C(=O)c2cnc3c(c2)NC(=O)CO3)s1. The highest BCUT2D eigenvalue weighted by molar-refractivity contribution is 7.11. The lowest BCUT2D eigenvalue weighted by molar-refractivity contribution is -0.118. The minimum Gasteiger partial charge on any atom is -0.466 e. The maximum absolute atomic E-state index is 12.8. The van der Waals surface area contributed by atoms with Crippen LogP contribution in [0.2, 0.25) is 0 Å². The fraction of sp³-hybridized carbons (Fsp3) is 0.375. The second-order valence-electron chi connectivity index (χ2n) is 5.69. The molecule has 2 aromatic rings. The molecule has 0 fully saturated rings. The molecule has 0 spiro atoms. The number of aryl methyl sites for hydroxylation is 2. The van der Waals surface area contributed by atoms with Gasteiger partial charge in [0, 0.05) is 18.1 Å². The zero-order valence-electron chi connectivity index (χ0n) is 13.9. The van der Waals surface area contributed by atoms with Crippen LogP contribution in [0.15, 0.2) is 12.3 Å². The molecule has 1 N–H and O–H groups in total. The summed E-state index contributed by atoms with van der Waals surface area (Å²) >= 11 is 1.59. The van der Waals surface area contributed by atoms with Crippen molar-refractivity contribution in [3.8, 4) is 5.88 Å². The van der Waals surface area contributed by atoms with Crippen molar-refractivity contribution in [2.24, 2.45) is 0 Å². The molecule has 7 nitrogen and oxygen atoms in total. The maximum atomic E-state index is 12.8. The molecular weight excluding hydrogens is 328 g/mol. The van der Waals surface area contributed by atoms with Gasteiger partial charge in [-0.25, -0.2) is 9.97 Å². The molecule has 2 aromatic heterocycles. The van der Waals surface area contributed by atoms with Crippen LogP contribution in [0.3, 0.4) is 0 Å². The first-order valence-corrected chi connectivity index (χ1v) is 8.32. The van der Waals surface area contributed by atoms with Crippen molar-refractivity contribution in [2.45, 2.75) is 26.8 Å². The number of fused-ring (bicyclic) bond motifs is 1. The molecule has 24 heavy (non-hydrogen) atoms. The molecule has 0 saturated heterocycles. The molecule has 2 amide bonds. The van der Waals surface area contributed by atoms with Gasteiger partial charge in [0.05, 0.1) is 22.3 Å². The van der Waals surface area contributed by atoms with Crippen molar-refractivity contribution in [1.82, 2.24) is 14.9 Å². The number of hydrogen-bond donors (Lipinski definition) is 1. The number of carbonyl (C=O) groups is 2. The Hall–Kier alpha value is -2.48. The molecule has 8 heteroatoms. The average Bonchev–Trinajstić information content (AvgIpc) is 2.90.